The standard InChI is InChI=1S/C21H18N6O2S/c1-3-17-22-18(29-25-17)12-30-21-24-23-20-26(14-10-8-13(2)9-11-14)19(28)15-6-4-5-7-16(15)27(20)21/h4-11H,3,12H2,1-2H3. The maximum absolute atomic E-state index is 13.3. The van der Waals surface area contributed by atoms with Crippen molar-refractivity contribution in [2.45, 2.75) is 31.2 Å². The topological polar surface area (TPSA) is 91.1 Å². The summed E-state index contributed by atoms with van der Waals surface area (Å²) in [7, 11) is 0. The maximum atomic E-state index is 13.3. The summed E-state index contributed by atoms with van der Waals surface area (Å²) in [4.78, 5) is 17.6. The Hall–Kier alpha value is -3.46. The number of hydrogen-bond acceptors (Lipinski definition) is 7. The SMILES string of the molecule is CCc1noc(CSc2nnc3n(-c4ccc(C)cc4)c(=O)c4ccccc4n23)n1. The van der Waals surface area contributed by atoms with Crippen molar-refractivity contribution in [1.82, 2.24) is 29.3 Å². The van der Waals surface area contributed by atoms with Crippen LogP contribution in [0, 0.1) is 6.92 Å². The lowest BCUT2D eigenvalue weighted by molar-refractivity contribution is 0.385. The molecule has 8 nitrogen and oxygen atoms in total. The Morgan fingerprint density at radius 1 is 1.07 bits per heavy atom. The van der Waals surface area contributed by atoms with Gasteiger partial charge in [0.05, 0.1) is 22.3 Å². The molecule has 0 fully saturated rings. The van der Waals surface area contributed by atoms with Crippen LogP contribution in [0.25, 0.3) is 22.4 Å². The van der Waals surface area contributed by atoms with Crippen molar-refractivity contribution >= 4 is 28.4 Å². The number of aryl methyl sites for hydroxylation is 2. The van der Waals surface area contributed by atoms with Crippen LogP contribution >= 0.6 is 11.8 Å². The summed E-state index contributed by atoms with van der Waals surface area (Å²) in [5.74, 6) is 2.14. The van der Waals surface area contributed by atoms with Gasteiger partial charge in [0.2, 0.25) is 11.7 Å². The molecule has 3 aromatic heterocycles. The molecule has 2 aromatic carbocycles. The van der Waals surface area contributed by atoms with E-state index in [1.807, 2.05) is 66.8 Å². The summed E-state index contributed by atoms with van der Waals surface area (Å²) in [6.07, 6.45) is 0.718. The predicted octanol–water partition coefficient (Wildman–Crippen LogP) is 3.58. The van der Waals surface area contributed by atoms with E-state index in [-0.39, 0.29) is 5.56 Å². The lowest BCUT2D eigenvalue weighted by atomic mass is 10.2. The molecule has 0 aliphatic rings. The van der Waals surface area contributed by atoms with Gasteiger partial charge in [0.15, 0.2) is 11.0 Å². The van der Waals surface area contributed by atoms with Crippen LogP contribution in [0.3, 0.4) is 0 Å². The van der Waals surface area contributed by atoms with Gasteiger partial charge in [-0.15, -0.1) is 10.2 Å². The molecule has 5 aromatic rings. The summed E-state index contributed by atoms with van der Waals surface area (Å²) in [5.41, 5.74) is 2.49. The van der Waals surface area contributed by atoms with Crippen molar-refractivity contribution in [2.24, 2.45) is 0 Å². The molecule has 0 aliphatic heterocycles. The Balaban J connectivity index is 1.68. The van der Waals surface area contributed by atoms with Crippen LogP contribution in [-0.4, -0.2) is 29.3 Å². The Morgan fingerprint density at radius 2 is 1.87 bits per heavy atom. The molecule has 0 saturated carbocycles. The van der Waals surface area contributed by atoms with E-state index < -0.39 is 0 Å². The van der Waals surface area contributed by atoms with Crippen LogP contribution < -0.4 is 5.56 Å². The highest BCUT2D eigenvalue weighted by Crippen LogP contribution is 2.25. The number of thioether (sulfide) groups is 1. The minimum atomic E-state index is -0.129. The second-order valence-electron chi connectivity index (χ2n) is 6.86. The van der Waals surface area contributed by atoms with Crippen molar-refractivity contribution in [3.8, 4) is 5.69 Å². The van der Waals surface area contributed by atoms with E-state index in [1.54, 1.807) is 4.57 Å². The number of aromatic nitrogens is 6. The minimum Gasteiger partial charge on any atom is -0.338 e. The molecule has 9 heteroatoms. The second kappa shape index (κ2) is 7.42. The summed E-state index contributed by atoms with van der Waals surface area (Å²) in [5, 5.41) is 13.9. The van der Waals surface area contributed by atoms with Crippen molar-refractivity contribution in [2.75, 3.05) is 0 Å². The second-order valence-corrected chi connectivity index (χ2v) is 7.80. The van der Waals surface area contributed by atoms with Crippen molar-refractivity contribution in [1.29, 1.82) is 0 Å². The van der Waals surface area contributed by atoms with E-state index in [0.717, 1.165) is 23.2 Å². The molecule has 5 rings (SSSR count). The highest BCUT2D eigenvalue weighted by Gasteiger charge is 2.18. The van der Waals surface area contributed by atoms with E-state index in [1.165, 1.54) is 11.8 Å². The smallest absolute Gasteiger partial charge is 0.267 e. The van der Waals surface area contributed by atoms with E-state index >= 15 is 0 Å². The molecule has 30 heavy (non-hydrogen) atoms. The van der Waals surface area contributed by atoms with Crippen LogP contribution in [-0.2, 0) is 12.2 Å². The van der Waals surface area contributed by atoms with Gasteiger partial charge in [0.25, 0.3) is 5.56 Å². The molecule has 0 unspecified atom stereocenters. The monoisotopic (exact) mass is 418 g/mol. The van der Waals surface area contributed by atoms with Crippen LogP contribution in [0.2, 0.25) is 0 Å². The average molecular weight is 418 g/mol. The lowest BCUT2D eigenvalue weighted by Crippen LogP contribution is -2.21. The fraction of sp³-hybridized carbons (Fsp3) is 0.190. The summed E-state index contributed by atoms with van der Waals surface area (Å²) >= 11 is 1.44. The van der Waals surface area contributed by atoms with Gasteiger partial charge in [0, 0.05) is 6.42 Å². The summed E-state index contributed by atoms with van der Waals surface area (Å²) < 4.78 is 8.78. The first kappa shape index (κ1) is 18.6. The first-order valence-corrected chi connectivity index (χ1v) is 10.5. The Kier molecular flexibility index (Phi) is 4.59. The Labute approximate surface area is 175 Å². The predicted molar refractivity (Wildman–Crippen MR) is 114 cm³/mol. The minimum absolute atomic E-state index is 0.129. The van der Waals surface area contributed by atoms with E-state index in [0.29, 0.717) is 33.8 Å². The third-order valence-electron chi connectivity index (χ3n) is 4.84. The third kappa shape index (κ3) is 3.07. The molecule has 0 N–H and O–H groups in total. The van der Waals surface area contributed by atoms with Gasteiger partial charge in [-0.05, 0) is 31.2 Å². The third-order valence-corrected chi connectivity index (χ3v) is 5.75. The highest BCUT2D eigenvalue weighted by molar-refractivity contribution is 7.98. The molecule has 0 atom stereocenters. The quantitative estimate of drug-likeness (QED) is 0.403. The average Bonchev–Trinajstić information content (AvgIpc) is 3.40. The van der Waals surface area contributed by atoms with Crippen molar-refractivity contribution in [3.05, 3.63) is 76.2 Å². The fourth-order valence-electron chi connectivity index (χ4n) is 3.32. The van der Waals surface area contributed by atoms with Gasteiger partial charge < -0.3 is 4.52 Å². The van der Waals surface area contributed by atoms with E-state index in [4.69, 9.17) is 4.52 Å². The maximum Gasteiger partial charge on any atom is 0.267 e. The first-order valence-electron chi connectivity index (χ1n) is 9.56. The van der Waals surface area contributed by atoms with Gasteiger partial charge in [-0.25, -0.2) is 4.57 Å². The van der Waals surface area contributed by atoms with E-state index in [2.05, 4.69) is 20.3 Å². The molecule has 0 bridgehead atoms. The number of hydrogen-bond donors (Lipinski definition) is 0. The van der Waals surface area contributed by atoms with Gasteiger partial charge in [-0.2, -0.15) is 4.98 Å². The largest absolute Gasteiger partial charge is 0.338 e. The highest BCUT2D eigenvalue weighted by atomic mass is 32.2. The zero-order valence-corrected chi connectivity index (χ0v) is 17.3. The Morgan fingerprint density at radius 3 is 2.63 bits per heavy atom. The molecule has 0 saturated heterocycles. The van der Waals surface area contributed by atoms with Gasteiger partial charge in [-0.1, -0.05) is 53.7 Å². The number of nitrogens with zero attached hydrogens (tertiary/aromatic N) is 6. The van der Waals surface area contributed by atoms with Gasteiger partial charge in [0.1, 0.15) is 0 Å². The molecular weight excluding hydrogens is 400 g/mol. The molecular formula is C21H18N6O2S. The number of fused-ring (bicyclic) bond motifs is 3. The number of para-hydroxylation sites is 1. The fourth-order valence-corrected chi connectivity index (χ4v) is 4.09. The molecule has 0 radical (unpaired) electrons. The molecule has 0 spiro atoms. The number of rotatable bonds is 5. The zero-order chi connectivity index (χ0) is 20.7. The summed E-state index contributed by atoms with van der Waals surface area (Å²) in [6, 6.07) is 15.3. The van der Waals surface area contributed by atoms with E-state index in [9.17, 15) is 4.79 Å². The molecule has 0 amide bonds. The molecule has 3 heterocycles. The van der Waals surface area contributed by atoms with Crippen LogP contribution in [0.15, 0.2) is 63.0 Å². The summed E-state index contributed by atoms with van der Waals surface area (Å²) in [6.45, 7) is 3.99. The van der Waals surface area contributed by atoms with Gasteiger partial charge in [-0.3, -0.25) is 9.20 Å². The number of benzene rings is 2. The Bertz CT molecular complexity index is 1420. The van der Waals surface area contributed by atoms with Crippen LogP contribution in [0.5, 0.6) is 0 Å². The first-order chi connectivity index (χ1) is 14.7. The molecule has 0 aliphatic carbocycles. The molecule has 150 valence electrons. The zero-order valence-electron chi connectivity index (χ0n) is 16.4. The normalized spacial score (nSPS) is 11.5. The lowest BCUT2D eigenvalue weighted by Gasteiger charge is -2.11. The van der Waals surface area contributed by atoms with Crippen LogP contribution in [0.1, 0.15) is 24.2 Å². The van der Waals surface area contributed by atoms with Gasteiger partial charge >= 0.3 is 0 Å². The van der Waals surface area contributed by atoms with Crippen molar-refractivity contribution < 1.29 is 4.52 Å². The van der Waals surface area contributed by atoms with Crippen LogP contribution in [0.4, 0.5) is 0 Å². The van der Waals surface area contributed by atoms with Crippen molar-refractivity contribution in [3.63, 3.8) is 0 Å².